The van der Waals surface area contributed by atoms with Crippen molar-refractivity contribution in [2.45, 2.75) is 72.4 Å². The zero-order valence-corrected chi connectivity index (χ0v) is 26.4. The summed E-state index contributed by atoms with van der Waals surface area (Å²) < 4.78 is 58.1. The Bertz CT molecular complexity index is 1600. The highest BCUT2D eigenvalue weighted by atomic mass is 79.9. The van der Waals surface area contributed by atoms with E-state index in [0.29, 0.717) is 53.2 Å². The first-order valence-corrected chi connectivity index (χ1v) is 14.9. The van der Waals surface area contributed by atoms with Crippen molar-refractivity contribution in [2.24, 2.45) is 10.8 Å². The molecule has 1 heterocycles. The van der Waals surface area contributed by atoms with E-state index in [-0.39, 0.29) is 57.8 Å². The number of hydrogen-bond donors (Lipinski definition) is 0. The molecule has 0 fully saturated rings. The molecular formula is C32H31BrF3NO7. The lowest BCUT2D eigenvalue weighted by Crippen LogP contribution is -2.37. The Kier molecular flexibility index (Phi) is 7.97. The lowest BCUT2D eigenvalue weighted by Gasteiger charge is -2.42. The largest absolute Gasteiger partial charge is 0.490 e. The van der Waals surface area contributed by atoms with E-state index in [9.17, 15) is 32.9 Å². The molecule has 2 aliphatic carbocycles. The van der Waals surface area contributed by atoms with Crippen molar-refractivity contribution in [1.82, 2.24) is 0 Å². The second-order valence-corrected chi connectivity index (χ2v) is 13.7. The minimum absolute atomic E-state index is 0.0128. The van der Waals surface area contributed by atoms with Crippen LogP contribution in [0.1, 0.15) is 77.3 Å². The molecule has 8 nitrogen and oxygen atoms in total. The Morgan fingerprint density at radius 2 is 1.52 bits per heavy atom. The van der Waals surface area contributed by atoms with Gasteiger partial charge in [0.05, 0.1) is 21.6 Å². The molecule has 2 aromatic rings. The van der Waals surface area contributed by atoms with Gasteiger partial charge in [0.25, 0.3) is 0 Å². The molecule has 0 amide bonds. The van der Waals surface area contributed by atoms with Crippen LogP contribution in [0.2, 0.25) is 0 Å². The number of Topliss-reactive ketones (excluding diaryl/α,β-unsaturated/α-hetero) is 2. The van der Waals surface area contributed by atoms with E-state index >= 15 is 0 Å². The number of nitro benzene ring substituents is 1. The number of rotatable bonds is 6. The smallest absolute Gasteiger partial charge is 0.416 e. The van der Waals surface area contributed by atoms with Gasteiger partial charge in [-0.05, 0) is 63.5 Å². The van der Waals surface area contributed by atoms with E-state index in [2.05, 4.69) is 15.9 Å². The van der Waals surface area contributed by atoms with E-state index in [0.717, 1.165) is 6.07 Å². The molecular weight excluding hydrogens is 647 g/mol. The maximum Gasteiger partial charge on any atom is 0.416 e. The number of ketones is 2. The van der Waals surface area contributed by atoms with Crippen molar-refractivity contribution in [2.75, 3.05) is 6.61 Å². The molecule has 12 heteroatoms. The van der Waals surface area contributed by atoms with Gasteiger partial charge in [-0.1, -0.05) is 27.7 Å². The summed E-state index contributed by atoms with van der Waals surface area (Å²) in [5.74, 6) is -0.236. The molecule has 0 N–H and O–H groups in total. The summed E-state index contributed by atoms with van der Waals surface area (Å²) in [7, 11) is 0. The summed E-state index contributed by atoms with van der Waals surface area (Å²) in [6.07, 6.45) is -3.23. The van der Waals surface area contributed by atoms with Crippen LogP contribution < -0.4 is 9.47 Å². The summed E-state index contributed by atoms with van der Waals surface area (Å²) in [5.41, 5.74) is -1.37. The van der Waals surface area contributed by atoms with Crippen LogP contribution in [0.15, 0.2) is 57.5 Å². The summed E-state index contributed by atoms with van der Waals surface area (Å²) in [4.78, 5) is 38.1. The predicted octanol–water partition coefficient (Wildman–Crippen LogP) is 8.97. The molecule has 234 valence electrons. The van der Waals surface area contributed by atoms with Crippen molar-refractivity contribution >= 4 is 33.2 Å². The Morgan fingerprint density at radius 1 is 0.955 bits per heavy atom. The summed E-state index contributed by atoms with van der Waals surface area (Å²) in [6, 6.07) is 5.23. The third-order valence-corrected chi connectivity index (χ3v) is 8.53. The normalized spacial score (nSPS) is 19.8. The van der Waals surface area contributed by atoms with Gasteiger partial charge in [-0.2, -0.15) is 13.2 Å². The maximum absolute atomic E-state index is 13.7. The van der Waals surface area contributed by atoms with Gasteiger partial charge in [-0.25, -0.2) is 0 Å². The molecule has 0 radical (unpaired) electrons. The third kappa shape index (κ3) is 6.00. The minimum atomic E-state index is -4.79. The average Bonchev–Trinajstić information content (AvgIpc) is 2.87. The molecule has 5 rings (SSSR count). The van der Waals surface area contributed by atoms with Crippen LogP contribution in [0.25, 0.3) is 0 Å². The number of allylic oxidation sites excluding steroid dienone is 4. The molecule has 0 bridgehead atoms. The molecule has 3 aliphatic rings. The zero-order chi connectivity index (χ0) is 32.4. The van der Waals surface area contributed by atoms with Crippen molar-refractivity contribution in [3.8, 4) is 17.2 Å². The Labute approximate surface area is 260 Å². The number of nitro groups is 1. The Balaban J connectivity index is 1.66. The fourth-order valence-corrected chi connectivity index (χ4v) is 6.70. The van der Waals surface area contributed by atoms with E-state index in [1.807, 2.05) is 27.7 Å². The van der Waals surface area contributed by atoms with Gasteiger partial charge in [0.1, 0.15) is 11.5 Å². The second-order valence-electron chi connectivity index (χ2n) is 12.9. The van der Waals surface area contributed by atoms with Crippen LogP contribution in [0.4, 0.5) is 18.9 Å². The highest BCUT2D eigenvalue weighted by Gasteiger charge is 2.48. The first-order chi connectivity index (χ1) is 20.4. The third-order valence-electron chi connectivity index (χ3n) is 7.94. The molecule has 0 spiro atoms. The van der Waals surface area contributed by atoms with Crippen LogP contribution in [-0.4, -0.2) is 23.1 Å². The van der Waals surface area contributed by atoms with Gasteiger partial charge in [-0.15, -0.1) is 0 Å². The van der Waals surface area contributed by atoms with Gasteiger partial charge in [0, 0.05) is 48.8 Å². The number of hydrogen-bond acceptors (Lipinski definition) is 7. The van der Waals surface area contributed by atoms with Crippen LogP contribution in [-0.2, 0) is 20.5 Å². The maximum atomic E-state index is 13.7. The highest BCUT2D eigenvalue weighted by Crippen LogP contribution is 2.55. The van der Waals surface area contributed by atoms with Crippen molar-refractivity contribution in [3.05, 3.63) is 78.7 Å². The number of carbonyl (C=O) groups excluding carboxylic acids is 2. The monoisotopic (exact) mass is 677 g/mol. The van der Waals surface area contributed by atoms with Crippen LogP contribution in [0.5, 0.6) is 17.2 Å². The van der Waals surface area contributed by atoms with Crippen LogP contribution in [0.3, 0.4) is 0 Å². The summed E-state index contributed by atoms with van der Waals surface area (Å²) >= 11 is 3.45. The van der Waals surface area contributed by atoms with Gasteiger partial charge in [0.2, 0.25) is 5.75 Å². The number of halogens is 4. The lowest BCUT2D eigenvalue weighted by molar-refractivity contribution is -0.385. The standard InChI is InChI=1S/C32H31BrF3NO7/c1-6-42-23-10-16(9-18(33)29(23)44-22-8-7-17(32(34,35)36)11-19(22)37(40)41)26-27-20(38)12-30(2,3)14-24(27)43-25-15-31(4,5)13-21(39)28(25)26/h7-11,26H,6,12-15H2,1-5H3. The lowest BCUT2D eigenvalue weighted by atomic mass is 9.65. The Hall–Kier alpha value is -3.67. The molecule has 0 saturated carbocycles. The molecule has 0 unspecified atom stereocenters. The number of benzene rings is 2. The van der Waals surface area contributed by atoms with Gasteiger partial charge in [-0.3, -0.25) is 19.7 Å². The van der Waals surface area contributed by atoms with Gasteiger partial charge < -0.3 is 14.2 Å². The fourth-order valence-electron chi connectivity index (χ4n) is 6.16. The zero-order valence-electron chi connectivity index (χ0n) is 24.8. The molecule has 44 heavy (non-hydrogen) atoms. The van der Waals surface area contributed by atoms with E-state index < -0.39 is 34.0 Å². The topological polar surface area (TPSA) is 105 Å². The van der Waals surface area contributed by atoms with Crippen molar-refractivity contribution in [3.63, 3.8) is 0 Å². The SMILES string of the molecule is CCOc1cc(C2C3=C(CC(C)(C)CC3=O)OC3=C2C(=O)CC(C)(C)C3)cc(Br)c1Oc1ccc(C(F)(F)F)cc1[N+](=O)[O-]. The average molecular weight is 678 g/mol. The Morgan fingerprint density at radius 3 is 2.02 bits per heavy atom. The van der Waals surface area contributed by atoms with E-state index in [1.165, 1.54) is 0 Å². The first kappa shape index (κ1) is 31.7. The molecule has 0 aromatic heterocycles. The van der Waals surface area contributed by atoms with Crippen molar-refractivity contribution < 1.29 is 41.9 Å². The summed E-state index contributed by atoms with van der Waals surface area (Å²) in [5, 5.41) is 11.7. The van der Waals surface area contributed by atoms with Gasteiger partial charge in [0.15, 0.2) is 23.1 Å². The molecule has 1 aliphatic heterocycles. The van der Waals surface area contributed by atoms with Crippen molar-refractivity contribution in [1.29, 1.82) is 0 Å². The quantitative estimate of drug-likeness (QED) is 0.222. The number of ether oxygens (including phenoxy) is 3. The highest BCUT2D eigenvalue weighted by molar-refractivity contribution is 9.10. The van der Waals surface area contributed by atoms with E-state index in [4.69, 9.17) is 14.2 Å². The fraction of sp³-hybridized carbons (Fsp3) is 0.438. The van der Waals surface area contributed by atoms with E-state index in [1.54, 1.807) is 19.1 Å². The predicted molar refractivity (Wildman–Crippen MR) is 157 cm³/mol. The first-order valence-electron chi connectivity index (χ1n) is 14.1. The van der Waals surface area contributed by atoms with Crippen LogP contribution in [0, 0.1) is 20.9 Å². The number of nitrogens with zero attached hydrogens (tertiary/aromatic N) is 1. The number of carbonyl (C=O) groups is 2. The molecule has 2 aromatic carbocycles. The van der Waals surface area contributed by atoms with Crippen LogP contribution >= 0.6 is 15.9 Å². The van der Waals surface area contributed by atoms with Gasteiger partial charge >= 0.3 is 11.9 Å². The minimum Gasteiger partial charge on any atom is -0.490 e. The number of alkyl halides is 3. The molecule has 0 saturated heterocycles. The molecule has 0 atom stereocenters. The second kappa shape index (κ2) is 11.0. The summed E-state index contributed by atoms with van der Waals surface area (Å²) in [6.45, 7) is 9.82.